The normalized spacial score (nSPS) is 11.2. The molecule has 0 spiro atoms. The number of benzene rings is 1. The number of amides is 1. The molecule has 1 rings (SSSR count). The van der Waals surface area contributed by atoms with Crippen molar-refractivity contribution in [1.29, 1.82) is 0 Å². The topological polar surface area (TPSA) is 49.8 Å². The molecular formula is C15H22ClNO3. The second kappa shape index (κ2) is 7.50. The fraction of sp³-hybridized carbons (Fsp3) is 0.533. The van der Waals surface area contributed by atoms with Crippen molar-refractivity contribution >= 4 is 17.5 Å². The summed E-state index contributed by atoms with van der Waals surface area (Å²) < 4.78 is 5.51. The summed E-state index contributed by atoms with van der Waals surface area (Å²) in [5.74, 6) is 0.749. The Morgan fingerprint density at radius 2 is 1.95 bits per heavy atom. The van der Waals surface area contributed by atoms with Gasteiger partial charge in [-0.05, 0) is 44.5 Å². The first-order valence-corrected chi connectivity index (χ1v) is 7.00. The summed E-state index contributed by atoms with van der Waals surface area (Å²) in [5, 5.41) is 10.3. The van der Waals surface area contributed by atoms with Gasteiger partial charge in [0, 0.05) is 25.0 Å². The van der Waals surface area contributed by atoms with Crippen molar-refractivity contribution in [1.82, 2.24) is 4.90 Å². The Morgan fingerprint density at radius 3 is 2.50 bits per heavy atom. The molecule has 0 saturated carbocycles. The van der Waals surface area contributed by atoms with E-state index in [9.17, 15) is 9.90 Å². The Bertz CT molecular complexity index is 426. The molecule has 0 radical (unpaired) electrons. The predicted octanol–water partition coefficient (Wildman–Crippen LogP) is 2.73. The average molecular weight is 300 g/mol. The fourth-order valence-electron chi connectivity index (χ4n) is 1.80. The molecule has 0 aliphatic rings. The number of halogens is 1. The summed E-state index contributed by atoms with van der Waals surface area (Å²) in [6.07, 6.45) is 1.04. The monoisotopic (exact) mass is 299 g/mol. The quantitative estimate of drug-likeness (QED) is 0.788. The van der Waals surface area contributed by atoms with Crippen LogP contribution in [0.4, 0.5) is 0 Å². The van der Waals surface area contributed by atoms with Crippen molar-refractivity contribution < 1.29 is 14.6 Å². The van der Waals surface area contributed by atoms with Gasteiger partial charge in [0.2, 0.25) is 5.91 Å². The Labute approximate surface area is 125 Å². The van der Waals surface area contributed by atoms with Crippen molar-refractivity contribution in [3.63, 3.8) is 0 Å². The van der Waals surface area contributed by atoms with Gasteiger partial charge in [0.25, 0.3) is 0 Å². The number of ether oxygens (including phenoxy) is 1. The first kappa shape index (κ1) is 16.8. The van der Waals surface area contributed by atoms with Crippen LogP contribution < -0.4 is 4.74 Å². The minimum atomic E-state index is -0.871. The van der Waals surface area contributed by atoms with Crippen LogP contribution in [0.1, 0.15) is 26.7 Å². The molecule has 0 aliphatic heterocycles. The SMILES string of the molecule is CN(CC(C)(C)O)C(=O)CCCOc1ccc(Cl)cc1. The third-order valence-corrected chi connectivity index (χ3v) is 2.92. The second-order valence-electron chi connectivity index (χ2n) is 5.47. The van der Waals surface area contributed by atoms with E-state index in [1.165, 1.54) is 0 Å². The van der Waals surface area contributed by atoms with Gasteiger partial charge >= 0.3 is 0 Å². The Hall–Kier alpha value is -1.26. The molecule has 0 aliphatic carbocycles. The maximum absolute atomic E-state index is 11.8. The van der Waals surface area contributed by atoms with Gasteiger partial charge in [-0.2, -0.15) is 0 Å². The highest BCUT2D eigenvalue weighted by atomic mass is 35.5. The fourth-order valence-corrected chi connectivity index (χ4v) is 1.93. The maximum Gasteiger partial charge on any atom is 0.222 e. The summed E-state index contributed by atoms with van der Waals surface area (Å²) in [6, 6.07) is 7.12. The molecule has 0 unspecified atom stereocenters. The lowest BCUT2D eigenvalue weighted by Crippen LogP contribution is -2.39. The summed E-state index contributed by atoms with van der Waals surface area (Å²) in [4.78, 5) is 13.4. The number of carbonyl (C=O) groups excluding carboxylic acids is 1. The first-order valence-electron chi connectivity index (χ1n) is 6.63. The van der Waals surface area contributed by atoms with Gasteiger partial charge < -0.3 is 14.7 Å². The molecule has 5 heteroatoms. The Morgan fingerprint density at radius 1 is 1.35 bits per heavy atom. The summed E-state index contributed by atoms with van der Waals surface area (Å²) in [7, 11) is 1.69. The van der Waals surface area contributed by atoms with Crippen LogP contribution in [0.5, 0.6) is 5.75 Å². The van der Waals surface area contributed by atoms with Crippen molar-refractivity contribution in [3.05, 3.63) is 29.3 Å². The van der Waals surface area contributed by atoms with Crippen LogP contribution in [0.2, 0.25) is 5.02 Å². The zero-order valence-corrected chi connectivity index (χ0v) is 13.0. The van der Waals surface area contributed by atoms with Crippen LogP contribution in [-0.4, -0.2) is 41.7 Å². The van der Waals surface area contributed by atoms with E-state index in [4.69, 9.17) is 16.3 Å². The number of rotatable bonds is 7. The smallest absolute Gasteiger partial charge is 0.222 e. The average Bonchev–Trinajstić information content (AvgIpc) is 2.34. The van der Waals surface area contributed by atoms with Gasteiger partial charge in [-0.15, -0.1) is 0 Å². The summed E-state index contributed by atoms with van der Waals surface area (Å²) in [6.45, 7) is 4.16. The molecule has 20 heavy (non-hydrogen) atoms. The van der Waals surface area contributed by atoms with E-state index in [0.29, 0.717) is 31.0 Å². The highest BCUT2D eigenvalue weighted by molar-refractivity contribution is 6.30. The largest absolute Gasteiger partial charge is 0.494 e. The summed E-state index contributed by atoms with van der Waals surface area (Å²) in [5.41, 5.74) is -0.871. The third-order valence-electron chi connectivity index (χ3n) is 2.67. The van der Waals surface area contributed by atoms with E-state index in [-0.39, 0.29) is 5.91 Å². The minimum Gasteiger partial charge on any atom is -0.494 e. The number of likely N-dealkylation sites (N-methyl/N-ethyl adjacent to an activating group) is 1. The Balaban J connectivity index is 2.23. The molecule has 112 valence electrons. The number of aliphatic hydroxyl groups is 1. The zero-order chi connectivity index (χ0) is 15.2. The zero-order valence-electron chi connectivity index (χ0n) is 12.2. The minimum absolute atomic E-state index is 0.00633. The molecule has 1 aromatic carbocycles. The number of hydrogen-bond donors (Lipinski definition) is 1. The van der Waals surface area contributed by atoms with Crippen LogP contribution in [0.15, 0.2) is 24.3 Å². The molecule has 0 aromatic heterocycles. The lowest BCUT2D eigenvalue weighted by molar-refractivity contribution is -0.132. The molecule has 0 bridgehead atoms. The van der Waals surface area contributed by atoms with Gasteiger partial charge in [0.1, 0.15) is 5.75 Å². The molecule has 0 atom stereocenters. The van der Waals surface area contributed by atoms with Crippen molar-refractivity contribution in [2.45, 2.75) is 32.3 Å². The first-order chi connectivity index (χ1) is 9.28. The van der Waals surface area contributed by atoms with Gasteiger partial charge in [-0.1, -0.05) is 11.6 Å². The lowest BCUT2D eigenvalue weighted by Gasteiger charge is -2.25. The third kappa shape index (κ3) is 6.78. The van der Waals surface area contributed by atoms with Crippen LogP contribution >= 0.6 is 11.6 Å². The number of carbonyl (C=O) groups is 1. The van der Waals surface area contributed by atoms with Gasteiger partial charge in [-0.25, -0.2) is 0 Å². The highest BCUT2D eigenvalue weighted by Crippen LogP contribution is 2.15. The van der Waals surface area contributed by atoms with Gasteiger partial charge in [0.15, 0.2) is 0 Å². The number of hydrogen-bond acceptors (Lipinski definition) is 3. The van der Waals surface area contributed by atoms with Crippen LogP contribution in [-0.2, 0) is 4.79 Å². The molecule has 0 saturated heterocycles. The van der Waals surface area contributed by atoms with E-state index in [2.05, 4.69) is 0 Å². The highest BCUT2D eigenvalue weighted by Gasteiger charge is 2.18. The van der Waals surface area contributed by atoms with Crippen LogP contribution in [0, 0.1) is 0 Å². The molecule has 1 N–H and O–H groups in total. The van der Waals surface area contributed by atoms with E-state index in [0.717, 1.165) is 5.75 Å². The van der Waals surface area contributed by atoms with Crippen LogP contribution in [0.3, 0.4) is 0 Å². The molecule has 0 fully saturated rings. The van der Waals surface area contributed by atoms with E-state index in [1.54, 1.807) is 50.1 Å². The Kier molecular flexibility index (Phi) is 6.30. The van der Waals surface area contributed by atoms with Crippen molar-refractivity contribution in [2.75, 3.05) is 20.2 Å². The molecule has 1 amide bonds. The second-order valence-corrected chi connectivity index (χ2v) is 5.90. The van der Waals surface area contributed by atoms with E-state index >= 15 is 0 Å². The van der Waals surface area contributed by atoms with Crippen LogP contribution in [0.25, 0.3) is 0 Å². The van der Waals surface area contributed by atoms with Crippen molar-refractivity contribution in [2.24, 2.45) is 0 Å². The van der Waals surface area contributed by atoms with Gasteiger partial charge in [0.05, 0.1) is 12.2 Å². The van der Waals surface area contributed by atoms with Gasteiger partial charge in [-0.3, -0.25) is 4.79 Å². The van der Waals surface area contributed by atoms with Crippen molar-refractivity contribution in [3.8, 4) is 5.75 Å². The molecule has 4 nitrogen and oxygen atoms in total. The number of nitrogens with zero attached hydrogens (tertiary/aromatic N) is 1. The maximum atomic E-state index is 11.8. The standard InChI is InChI=1S/C15H22ClNO3/c1-15(2,19)11-17(3)14(18)5-4-10-20-13-8-6-12(16)7-9-13/h6-9,19H,4-5,10-11H2,1-3H3. The predicted molar refractivity (Wildman–Crippen MR) is 80.1 cm³/mol. The van der Waals surface area contributed by atoms with E-state index in [1.807, 2.05) is 0 Å². The summed E-state index contributed by atoms with van der Waals surface area (Å²) >= 11 is 5.78. The van der Waals surface area contributed by atoms with E-state index < -0.39 is 5.60 Å². The molecular weight excluding hydrogens is 278 g/mol. The molecule has 0 heterocycles. The lowest BCUT2D eigenvalue weighted by atomic mass is 10.1. The molecule has 1 aromatic rings.